The monoisotopic (exact) mass is 1710 g/mol. The largest absolute Gasteiger partial charge is 0.394 e. The molecule has 658 valence electrons. The number of hydrogen-bond donors (Lipinski definition) is 4. The van der Waals surface area contributed by atoms with E-state index in [1.807, 2.05) is 91.5 Å². The maximum atomic E-state index is 12.9. The van der Waals surface area contributed by atoms with Gasteiger partial charge < -0.3 is 64.6 Å². The lowest BCUT2D eigenvalue weighted by atomic mass is 9.73. The zero-order valence-electron chi connectivity index (χ0n) is 73.9. The van der Waals surface area contributed by atoms with Gasteiger partial charge in [-0.3, -0.25) is 38.5 Å². The summed E-state index contributed by atoms with van der Waals surface area (Å²) in [5, 5.41) is 32.8. The highest BCUT2D eigenvalue weighted by Gasteiger charge is 2.58. The van der Waals surface area contributed by atoms with Crippen LogP contribution in [-0.4, -0.2) is 248 Å². The summed E-state index contributed by atoms with van der Waals surface area (Å²) < 4.78 is 5.45. The minimum absolute atomic E-state index is 0.00112. The minimum Gasteiger partial charge on any atom is -0.394 e. The first-order chi connectivity index (χ1) is 61.6. The molecule has 8 aliphatic heterocycles. The number of rotatable bonds is 20. The minimum atomic E-state index is -0.257. The molecule has 1 aromatic heterocycles. The molecule has 8 saturated heterocycles. The summed E-state index contributed by atoms with van der Waals surface area (Å²) in [6.45, 7) is 17.7. The van der Waals surface area contributed by atoms with Gasteiger partial charge in [-0.05, 0) is 163 Å². The fourth-order valence-electron chi connectivity index (χ4n) is 19.6. The second-order valence-electron chi connectivity index (χ2n) is 34.6. The number of benzene rings is 8. The molecule has 8 aliphatic rings. The zero-order chi connectivity index (χ0) is 89.5. The number of ether oxygens (including phenoxy) is 1. The van der Waals surface area contributed by atoms with Crippen LogP contribution < -0.4 is 5.32 Å². The molecule has 127 heavy (non-hydrogen) atoms. The van der Waals surface area contributed by atoms with Crippen LogP contribution in [0.5, 0.6) is 0 Å². The van der Waals surface area contributed by atoms with Crippen molar-refractivity contribution in [3.8, 4) is 45.9 Å². The number of unbranched alkanes of at least 4 members (excludes halogenated alkanes) is 2. The highest BCUT2D eigenvalue weighted by molar-refractivity contribution is 5.97. The fraction of sp³-hybridized carbons (Fsp3) is 0.381. The Balaban J connectivity index is 0.000000137. The normalized spacial score (nSPS) is 22.2. The van der Waals surface area contributed by atoms with Gasteiger partial charge in [0.1, 0.15) is 13.1 Å². The van der Waals surface area contributed by atoms with Crippen molar-refractivity contribution in [2.24, 2.45) is 0 Å². The van der Waals surface area contributed by atoms with Crippen LogP contribution in [0.25, 0.3) is 22.3 Å². The number of piperazine rings is 4. The van der Waals surface area contributed by atoms with Gasteiger partial charge in [0.25, 0.3) is 5.91 Å². The topological polar surface area (TPSA) is 257 Å². The lowest BCUT2D eigenvalue weighted by molar-refractivity contribution is -0.167. The number of methoxy groups -OCH3 is 1. The second-order valence-corrected chi connectivity index (χ2v) is 34.6. The lowest BCUT2D eigenvalue weighted by Crippen LogP contribution is -2.73. The number of aromatic nitrogens is 1. The number of hydrogen-bond acceptors (Lipinski definition) is 13. The number of nitrogens with zero attached hydrogens (tertiary/aromatic N) is 9. The maximum Gasteiger partial charge on any atom is 0.317 e. The maximum absolute atomic E-state index is 12.9. The SMILES string of the molecule is CCCCC(=O)N1CC(=O)N2[C@@H](CO)[C@@H](c3ccc(C#Cc4cccc(C)c4)cc3)[C@@H]2C1.CCCCC(=O)N1CC(=O)N2[C@@H](COC)[C@@H](c3ccc(C#Cc4cccc(C)c4)cc3)[C@@H]2C1.CCCNC(=O)N1CC(=O)N2[C@H](CO)[C@@H](c3ccc(-c4cccc(C)c4)cc3)[C@@H]2C1.Cc1cccc(-c2ccc([C@@H]3C4CN(C(=O)c5cccnc5)CC(=O)N4[C@H]3CO)cc2)c1. The van der Waals surface area contributed by atoms with Crippen LogP contribution in [0.4, 0.5) is 4.79 Å². The van der Waals surface area contributed by atoms with E-state index >= 15 is 0 Å². The van der Waals surface area contributed by atoms with E-state index in [4.69, 9.17) is 4.74 Å². The molecule has 1 unspecified atom stereocenters. The molecule has 9 aromatic rings. The van der Waals surface area contributed by atoms with Gasteiger partial charge in [-0.25, -0.2) is 4.79 Å². The third-order valence-corrected chi connectivity index (χ3v) is 26.0. The van der Waals surface area contributed by atoms with Crippen molar-refractivity contribution in [3.05, 3.63) is 291 Å². The van der Waals surface area contributed by atoms with Crippen LogP contribution >= 0.6 is 0 Å². The van der Waals surface area contributed by atoms with Crippen LogP contribution in [0.1, 0.15) is 167 Å². The van der Waals surface area contributed by atoms with E-state index in [0.717, 1.165) is 93.3 Å². The van der Waals surface area contributed by atoms with Crippen molar-refractivity contribution in [1.29, 1.82) is 0 Å². The van der Waals surface area contributed by atoms with Crippen LogP contribution in [0.3, 0.4) is 0 Å². The van der Waals surface area contributed by atoms with Gasteiger partial charge in [0.05, 0.1) is 93.4 Å². The summed E-state index contributed by atoms with van der Waals surface area (Å²) in [6, 6.07) is 68.3. The fourth-order valence-corrected chi connectivity index (χ4v) is 19.6. The molecular weight excluding hydrogens is 1590 g/mol. The van der Waals surface area contributed by atoms with Crippen molar-refractivity contribution in [2.75, 3.05) is 92.4 Å². The number of pyridine rings is 1. The molecule has 0 spiro atoms. The smallest absolute Gasteiger partial charge is 0.317 e. The third-order valence-electron chi connectivity index (χ3n) is 26.0. The van der Waals surface area contributed by atoms with Gasteiger partial charge in [0.15, 0.2) is 0 Å². The van der Waals surface area contributed by atoms with Crippen LogP contribution in [0.2, 0.25) is 0 Å². The summed E-state index contributed by atoms with van der Waals surface area (Å²) >= 11 is 0. The Kier molecular flexibility index (Phi) is 29.8. The summed E-state index contributed by atoms with van der Waals surface area (Å²) in [7, 11) is 1.67. The Bertz CT molecular complexity index is 5550. The molecule has 22 heteroatoms. The number of urea groups is 1. The molecule has 22 nitrogen and oxygen atoms in total. The van der Waals surface area contributed by atoms with Crippen LogP contribution in [-0.2, 0) is 33.5 Å². The van der Waals surface area contributed by atoms with Crippen molar-refractivity contribution in [2.45, 2.75) is 165 Å². The Morgan fingerprint density at radius 2 is 0.756 bits per heavy atom. The second kappa shape index (κ2) is 41.7. The average Bonchev–Trinajstić information content (AvgIpc) is 0.743. The van der Waals surface area contributed by atoms with Gasteiger partial charge in [-0.15, -0.1) is 0 Å². The molecule has 8 aromatic carbocycles. The Morgan fingerprint density at radius 3 is 1.13 bits per heavy atom. The number of carbonyl (C=O) groups excluding carboxylic acids is 8. The molecular formula is C105H116N10O12. The number of aliphatic hydroxyl groups is 3. The summed E-state index contributed by atoms with van der Waals surface area (Å²) in [4.78, 5) is 119. The van der Waals surface area contributed by atoms with E-state index in [-0.39, 0.29) is 165 Å². The standard InChI is InChI=1S/C28H32N2O3.C27H30N2O3.C26H25N3O3.C24H29N3O3/c1-4-5-9-26(31)29-17-24-28(25(19-33-3)30(24)27(32)18-29)23-14-12-21(13-15-23)10-11-22-8-6-7-20(2)16-22;1-3-4-8-25(31)28-16-23-27(24(18-30)29(23)26(32)17-28)22-13-11-20(12-14-22)9-10-21-7-5-6-19(2)15-21;1-17-4-2-5-20(12-17)18-7-9-19(10-8-18)25-22-14-28(15-24(31)29(22)23(25)16-30)26(32)21-6-3-11-27-13-21;1-3-11-25-24(30)26-13-20-23(21(15-28)27(20)22(29)14-26)18-9-7-17(8-10-18)19-6-4-5-16(2)12-19/h6-8,12-16,24-25,28H,4-5,9,17-19H2,1-3H3;5-7,11-15,23-24,27,30H,3-4,8,16-18H2,1-2H3;2-13,22-23,25,30H,14-16H2,1H3;4-10,12,20-21,23,28H,3,11,13-15H2,1-2H3,(H,25,30)/t24-,25-,28-;23-,24-,27-;22?,23-,25+;20-,21+,23-/m0000/s1. The van der Waals surface area contributed by atoms with Gasteiger partial charge in [-0.1, -0.05) is 214 Å². The highest BCUT2D eigenvalue weighted by Crippen LogP contribution is 2.48. The van der Waals surface area contributed by atoms with Gasteiger partial charge in [-0.2, -0.15) is 0 Å². The van der Waals surface area contributed by atoms with E-state index in [1.165, 1.54) is 34.0 Å². The predicted molar refractivity (Wildman–Crippen MR) is 490 cm³/mol. The van der Waals surface area contributed by atoms with E-state index in [0.29, 0.717) is 57.7 Å². The number of aryl methyl sites for hydroxylation is 4. The first-order valence-corrected chi connectivity index (χ1v) is 44.7. The van der Waals surface area contributed by atoms with Crippen LogP contribution in [0.15, 0.2) is 219 Å². The molecule has 0 bridgehead atoms. The van der Waals surface area contributed by atoms with E-state index < -0.39 is 0 Å². The first-order valence-electron chi connectivity index (χ1n) is 44.7. The molecule has 8 fully saturated rings. The quantitative estimate of drug-likeness (QED) is 0.0518. The van der Waals surface area contributed by atoms with E-state index in [2.05, 4.69) is 190 Å². The third kappa shape index (κ3) is 20.5. The van der Waals surface area contributed by atoms with Crippen molar-refractivity contribution in [3.63, 3.8) is 0 Å². The number of fused-ring (bicyclic) bond motifs is 4. The Morgan fingerprint density at radius 1 is 0.402 bits per heavy atom. The van der Waals surface area contributed by atoms with E-state index in [9.17, 15) is 53.7 Å². The van der Waals surface area contributed by atoms with Crippen molar-refractivity contribution >= 4 is 47.4 Å². The highest BCUT2D eigenvalue weighted by atomic mass is 16.5. The zero-order valence-corrected chi connectivity index (χ0v) is 73.9. The summed E-state index contributed by atoms with van der Waals surface area (Å²) in [5.41, 5.74) is 18.1. The number of carbonyl (C=O) groups is 8. The van der Waals surface area contributed by atoms with Crippen molar-refractivity contribution in [1.82, 2.24) is 49.5 Å². The summed E-state index contributed by atoms with van der Waals surface area (Å²) in [5.74, 6) is 12.7. The van der Waals surface area contributed by atoms with Gasteiger partial charge in [0, 0.05) is 111 Å². The molecule has 9 heterocycles. The molecule has 4 N–H and O–H groups in total. The van der Waals surface area contributed by atoms with E-state index in [1.54, 1.807) is 59.7 Å². The molecule has 0 radical (unpaired) electrons. The number of nitrogens with one attached hydrogen (secondary N) is 1. The lowest BCUT2D eigenvalue weighted by Gasteiger charge is -2.59. The first kappa shape index (κ1) is 90.7. The molecule has 12 atom stereocenters. The average molecular weight is 1710 g/mol. The van der Waals surface area contributed by atoms with Crippen LogP contribution in [0, 0.1) is 51.4 Å². The molecule has 17 rings (SSSR count). The Labute approximate surface area is 745 Å². The van der Waals surface area contributed by atoms with Gasteiger partial charge >= 0.3 is 6.03 Å². The number of aliphatic hydroxyl groups excluding tert-OH is 3. The molecule has 0 aliphatic carbocycles. The van der Waals surface area contributed by atoms with Crippen molar-refractivity contribution < 1.29 is 58.4 Å². The Hall–Kier alpha value is -12.6. The number of amides is 9. The summed E-state index contributed by atoms with van der Waals surface area (Å²) in [6.07, 6.45) is 8.62. The predicted octanol–water partition coefficient (Wildman–Crippen LogP) is 12.4. The molecule has 0 saturated carbocycles. The van der Waals surface area contributed by atoms with Gasteiger partial charge in [0.2, 0.25) is 35.4 Å². The molecule has 9 amide bonds.